The number of hydrogen-bond donors (Lipinski definition) is 1. The lowest BCUT2D eigenvalue weighted by atomic mass is 10.1. The topological polar surface area (TPSA) is 78.5 Å². The van der Waals surface area contributed by atoms with Crippen LogP contribution in [0.15, 0.2) is 77.3 Å². The average molecular weight is 431 g/mol. The largest absolute Gasteiger partial charge is 0.494 e. The van der Waals surface area contributed by atoms with E-state index in [2.05, 4.69) is 29.5 Å². The zero-order valence-corrected chi connectivity index (χ0v) is 18.1. The van der Waals surface area contributed by atoms with Crippen molar-refractivity contribution in [1.82, 2.24) is 9.78 Å². The number of aryl methyl sites for hydroxylation is 1. The van der Waals surface area contributed by atoms with E-state index in [1.165, 1.54) is 5.56 Å². The van der Waals surface area contributed by atoms with Crippen molar-refractivity contribution >= 4 is 11.7 Å². The van der Waals surface area contributed by atoms with Gasteiger partial charge in [-0.25, -0.2) is 0 Å². The second-order valence-corrected chi connectivity index (χ2v) is 7.30. The van der Waals surface area contributed by atoms with Crippen LogP contribution >= 0.6 is 0 Å². The molecule has 2 aromatic carbocycles. The number of rotatable bonds is 9. The van der Waals surface area contributed by atoms with Gasteiger partial charge in [0.25, 0.3) is 5.91 Å². The summed E-state index contributed by atoms with van der Waals surface area (Å²) in [5.74, 6) is 2.33. The van der Waals surface area contributed by atoms with Crippen molar-refractivity contribution in [3.8, 4) is 11.5 Å². The third kappa shape index (κ3) is 5.57. The van der Waals surface area contributed by atoms with Gasteiger partial charge in [0.05, 0.1) is 13.2 Å². The van der Waals surface area contributed by atoms with E-state index < -0.39 is 0 Å². The lowest BCUT2D eigenvalue weighted by Crippen LogP contribution is -2.12. The number of benzene rings is 2. The standard InChI is InChI=1S/C25H25N3O4/c1-3-30-20-7-9-21(10-8-20)31-17-22-11-12-23(32-22)25(29)26-24-13-14-28(27-24)16-19-6-4-5-18(2)15-19/h4-15H,3,16-17H2,1-2H3,(H,26,27,29). The first-order valence-corrected chi connectivity index (χ1v) is 10.4. The molecule has 2 heterocycles. The summed E-state index contributed by atoms with van der Waals surface area (Å²) in [6.07, 6.45) is 1.83. The Morgan fingerprint density at radius 3 is 2.56 bits per heavy atom. The van der Waals surface area contributed by atoms with E-state index in [4.69, 9.17) is 13.9 Å². The van der Waals surface area contributed by atoms with E-state index in [0.29, 0.717) is 30.5 Å². The van der Waals surface area contributed by atoms with Crippen LogP contribution in [0.4, 0.5) is 5.82 Å². The Balaban J connectivity index is 1.30. The molecule has 0 bridgehead atoms. The highest BCUT2D eigenvalue weighted by Gasteiger charge is 2.13. The molecule has 4 rings (SSSR count). The Kier molecular flexibility index (Phi) is 6.55. The summed E-state index contributed by atoms with van der Waals surface area (Å²) >= 11 is 0. The highest BCUT2D eigenvalue weighted by molar-refractivity contribution is 6.01. The first-order valence-electron chi connectivity index (χ1n) is 10.4. The summed E-state index contributed by atoms with van der Waals surface area (Å²) in [5, 5.41) is 7.17. The van der Waals surface area contributed by atoms with Crippen LogP contribution in [0.25, 0.3) is 0 Å². The molecule has 0 unspecified atom stereocenters. The summed E-state index contributed by atoms with van der Waals surface area (Å²) in [6, 6.07) is 20.7. The predicted molar refractivity (Wildman–Crippen MR) is 121 cm³/mol. The maximum absolute atomic E-state index is 12.5. The fraction of sp³-hybridized carbons (Fsp3) is 0.200. The molecule has 7 heteroatoms. The quantitative estimate of drug-likeness (QED) is 0.401. The molecule has 0 aliphatic heterocycles. The maximum atomic E-state index is 12.5. The summed E-state index contributed by atoms with van der Waals surface area (Å²) in [4.78, 5) is 12.5. The van der Waals surface area contributed by atoms with Gasteiger partial charge in [-0.1, -0.05) is 29.8 Å². The minimum atomic E-state index is -0.363. The summed E-state index contributed by atoms with van der Waals surface area (Å²) < 4.78 is 18.5. The zero-order chi connectivity index (χ0) is 22.3. The van der Waals surface area contributed by atoms with Crippen LogP contribution in [0, 0.1) is 6.92 Å². The Labute approximate surface area is 186 Å². The van der Waals surface area contributed by atoms with Gasteiger partial charge in [-0.2, -0.15) is 5.10 Å². The summed E-state index contributed by atoms with van der Waals surface area (Å²) in [5.41, 5.74) is 2.34. The number of ether oxygens (including phenoxy) is 2. The van der Waals surface area contributed by atoms with E-state index in [0.717, 1.165) is 11.3 Å². The van der Waals surface area contributed by atoms with Gasteiger partial charge in [-0.15, -0.1) is 0 Å². The molecule has 0 spiro atoms. The molecule has 0 saturated carbocycles. The van der Waals surface area contributed by atoms with E-state index in [-0.39, 0.29) is 18.3 Å². The fourth-order valence-electron chi connectivity index (χ4n) is 3.22. The minimum absolute atomic E-state index is 0.198. The van der Waals surface area contributed by atoms with E-state index in [9.17, 15) is 4.79 Å². The normalized spacial score (nSPS) is 10.7. The molecule has 0 fully saturated rings. The molecule has 0 radical (unpaired) electrons. The highest BCUT2D eigenvalue weighted by atomic mass is 16.5. The van der Waals surface area contributed by atoms with Crippen molar-refractivity contribution in [2.24, 2.45) is 0 Å². The number of furan rings is 1. The fourth-order valence-corrected chi connectivity index (χ4v) is 3.22. The number of nitrogens with zero attached hydrogens (tertiary/aromatic N) is 2. The molecule has 32 heavy (non-hydrogen) atoms. The molecular weight excluding hydrogens is 406 g/mol. The van der Waals surface area contributed by atoms with Gasteiger partial charge >= 0.3 is 0 Å². The van der Waals surface area contributed by atoms with Crippen LogP contribution in [0.3, 0.4) is 0 Å². The number of anilines is 1. The lowest BCUT2D eigenvalue weighted by Gasteiger charge is -2.06. The third-order valence-corrected chi connectivity index (χ3v) is 4.71. The summed E-state index contributed by atoms with van der Waals surface area (Å²) in [6.45, 7) is 5.45. The van der Waals surface area contributed by atoms with Crippen LogP contribution in [0.5, 0.6) is 11.5 Å². The number of carbonyl (C=O) groups is 1. The monoisotopic (exact) mass is 431 g/mol. The van der Waals surface area contributed by atoms with Gasteiger partial charge in [0, 0.05) is 12.3 Å². The van der Waals surface area contributed by atoms with Crippen LogP contribution < -0.4 is 14.8 Å². The number of amides is 1. The third-order valence-electron chi connectivity index (χ3n) is 4.71. The Hall–Kier alpha value is -4.00. The molecule has 0 saturated heterocycles. The number of nitrogens with one attached hydrogen (secondary N) is 1. The van der Waals surface area contributed by atoms with E-state index in [1.807, 2.05) is 49.5 Å². The van der Waals surface area contributed by atoms with Gasteiger partial charge in [0.2, 0.25) is 0 Å². The smallest absolute Gasteiger partial charge is 0.292 e. The van der Waals surface area contributed by atoms with E-state index >= 15 is 0 Å². The van der Waals surface area contributed by atoms with Crippen LogP contribution in [-0.2, 0) is 13.2 Å². The Bertz CT molecular complexity index is 1180. The van der Waals surface area contributed by atoms with Gasteiger partial charge in [0.15, 0.2) is 11.6 Å². The van der Waals surface area contributed by atoms with Crippen molar-refractivity contribution in [2.75, 3.05) is 11.9 Å². The molecule has 0 atom stereocenters. The number of aromatic nitrogens is 2. The number of hydrogen-bond acceptors (Lipinski definition) is 5. The van der Waals surface area contributed by atoms with Crippen LogP contribution in [0.1, 0.15) is 34.4 Å². The maximum Gasteiger partial charge on any atom is 0.292 e. The molecule has 1 amide bonds. The molecule has 2 aromatic heterocycles. The van der Waals surface area contributed by atoms with Crippen molar-refractivity contribution in [3.63, 3.8) is 0 Å². The zero-order valence-electron chi connectivity index (χ0n) is 18.1. The molecule has 4 aromatic rings. The average Bonchev–Trinajstić information content (AvgIpc) is 3.43. The SMILES string of the molecule is CCOc1ccc(OCc2ccc(C(=O)Nc3ccn(Cc4cccc(C)c4)n3)o2)cc1. The van der Waals surface area contributed by atoms with Gasteiger partial charge in [0.1, 0.15) is 23.9 Å². The first kappa shape index (κ1) is 21.2. The highest BCUT2D eigenvalue weighted by Crippen LogP contribution is 2.19. The van der Waals surface area contributed by atoms with Crippen LogP contribution in [0.2, 0.25) is 0 Å². The molecule has 164 valence electrons. The number of carbonyl (C=O) groups excluding carboxylic acids is 1. The molecule has 1 N–H and O–H groups in total. The van der Waals surface area contributed by atoms with Gasteiger partial charge in [-0.05, 0) is 55.8 Å². The molecule has 0 aliphatic rings. The Morgan fingerprint density at radius 2 is 1.81 bits per heavy atom. The van der Waals surface area contributed by atoms with Crippen molar-refractivity contribution in [3.05, 3.63) is 95.6 Å². The van der Waals surface area contributed by atoms with Gasteiger partial charge < -0.3 is 19.2 Å². The minimum Gasteiger partial charge on any atom is -0.494 e. The second-order valence-electron chi connectivity index (χ2n) is 7.30. The van der Waals surface area contributed by atoms with Crippen molar-refractivity contribution in [2.45, 2.75) is 27.0 Å². The predicted octanol–water partition coefficient (Wildman–Crippen LogP) is 5.06. The van der Waals surface area contributed by atoms with Crippen LogP contribution in [-0.4, -0.2) is 22.3 Å². The first-order chi connectivity index (χ1) is 15.6. The van der Waals surface area contributed by atoms with Crippen molar-refractivity contribution in [1.29, 1.82) is 0 Å². The molecule has 0 aliphatic carbocycles. The Morgan fingerprint density at radius 1 is 1.03 bits per heavy atom. The second kappa shape index (κ2) is 9.87. The van der Waals surface area contributed by atoms with E-state index in [1.54, 1.807) is 22.9 Å². The van der Waals surface area contributed by atoms with Crippen molar-refractivity contribution < 1.29 is 18.7 Å². The van der Waals surface area contributed by atoms with Gasteiger partial charge in [-0.3, -0.25) is 9.48 Å². The lowest BCUT2D eigenvalue weighted by molar-refractivity contribution is 0.0992. The molecular formula is C25H25N3O4. The summed E-state index contributed by atoms with van der Waals surface area (Å²) in [7, 11) is 0. The molecule has 7 nitrogen and oxygen atoms in total.